The Kier molecular flexibility index (Phi) is 2.93. The summed E-state index contributed by atoms with van der Waals surface area (Å²) in [6, 6.07) is 8.04. The Hall–Kier alpha value is -0.740. The molecule has 1 heterocycles. The zero-order chi connectivity index (χ0) is 9.97. The zero-order valence-corrected chi connectivity index (χ0v) is 10.3. The van der Waals surface area contributed by atoms with Crippen LogP contribution in [0.2, 0.25) is 0 Å². The van der Waals surface area contributed by atoms with E-state index in [-0.39, 0.29) is 0 Å². The summed E-state index contributed by atoms with van der Waals surface area (Å²) < 4.78 is 1.68. The molecule has 14 heavy (non-hydrogen) atoms. The van der Waals surface area contributed by atoms with Crippen molar-refractivity contribution in [3.8, 4) is 11.1 Å². The van der Waals surface area contributed by atoms with Crippen molar-refractivity contribution in [2.45, 2.75) is 0 Å². The molecule has 0 bridgehead atoms. The van der Waals surface area contributed by atoms with Crippen LogP contribution in [0.1, 0.15) is 0 Å². The molecule has 70 valence electrons. The second-order valence-corrected chi connectivity index (χ2v) is 4.37. The van der Waals surface area contributed by atoms with E-state index >= 15 is 0 Å². The number of hydrogen-bond acceptors (Lipinski definition) is 2. The lowest BCUT2D eigenvalue weighted by atomic mass is 10.1. The minimum atomic E-state index is 0.610. The Morgan fingerprint density at radius 1 is 0.786 bits per heavy atom. The van der Waals surface area contributed by atoms with Crippen molar-refractivity contribution in [1.82, 2.24) is 9.97 Å². The van der Waals surface area contributed by atoms with Gasteiger partial charge in [0.1, 0.15) is 0 Å². The molecular formula is C10H6Br2N2. The highest BCUT2D eigenvalue weighted by atomic mass is 79.9. The SMILES string of the molecule is Brc1ccc(-c2cnc(Br)nc2)cc1. The fourth-order valence-corrected chi connectivity index (χ4v) is 1.57. The van der Waals surface area contributed by atoms with Crippen molar-refractivity contribution in [3.63, 3.8) is 0 Å². The molecule has 4 heteroatoms. The van der Waals surface area contributed by atoms with Crippen molar-refractivity contribution in [2.75, 3.05) is 0 Å². The molecule has 0 saturated heterocycles. The van der Waals surface area contributed by atoms with Gasteiger partial charge in [0.05, 0.1) is 0 Å². The van der Waals surface area contributed by atoms with E-state index in [1.807, 2.05) is 24.3 Å². The number of benzene rings is 1. The molecular weight excluding hydrogens is 308 g/mol. The third kappa shape index (κ3) is 2.19. The third-order valence-corrected chi connectivity index (χ3v) is 2.74. The maximum atomic E-state index is 4.07. The highest BCUT2D eigenvalue weighted by Crippen LogP contribution is 2.20. The van der Waals surface area contributed by atoms with E-state index in [1.165, 1.54) is 0 Å². The summed E-state index contributed by atoms with van der Waals surface area (Å²) in [7, 11) is 0. The standard InChI is InChI=1S/C10H6Br2N2/c11-9-3-1-7(2-4-9)8-5-13-10(12)14-6-8/h1-6H. The minimum Gasteiger partial charge on any atom is -0.230 e. The van der Waals surface area contributed by atoms with E-state index in [9.17, 15) is 0 Å². The molecule has 2 nitrogen and oxygen atoms in total. The Labute approximate surface area is 98.7 Å². The van der Waals surface area contributed by atoms with Crippen LogP contribution in [-0.2, 0) is 0 Å². The average molecular weight is 314 g/mol. The van der Waals surface area contributed by atoms with E-state index < -0.39 is 0 Å². The summed E-state index contributed by atoms with van der Waals surface area (Å²) in [6.45, 7) is 0. The van der Waals surface area contributed by atoms with Crippen LogP contribution in [0.25, 0.3) is 11.1 Å². The second kappa shape index (κ2) is 4.19. The molecule has 2 rings (SSSR count). The van der Waals surface area contributed by atoms with Gasteiger partial charge >= 0.3 is 0 Å². The van der Waals surface area contributed by atoms with Crippen LogP contribution in [0.4, 0.5) is 0 Å². The van der Waals surface area contributed by atoms with Gasteiger partial charge in [-0.1, -0.05) is 28.1 Å². The van der Waals surface area contributed by atoms with Gasteiger partial charge in [-0.15, -0.1) is 0 Å². The predicted molar refractivity (Wildman–Crippen MR) is 62.9 cm³/mol. The maximum Gasteiger partial charge on any atom is 0.196 e. The molecule has 1 aromatic heterocycles. The first kappa shape index (κ1) is 9.80. The molecule has 0 spiro atoms. The minimum absolute atomic E-state index is 0.610. The highest BCUT2D eigenvalue weighted by molar-refractivity contribution is 9.10. The van der Waals surface area contributed by atoms with Gasteiger partial charge < -0.3 is 0 Å². The molecule has 0 saturated carbocycles. The number of aromatic nitrogens is 2. The fraction of sp³-hybridized carbons (Fsp3) is 0. The Morgan fingerprint density at radius 2 is 1.36 bits per heavy atom. The van der Waals surface area contributed by atoms with E-state index in [1.54, 1.807) is 12.4 Å². The molecule has 0 N–H and O–H groups in total. The molecule has 2 aromatic rings. The van der Waals surface area contributed by atoms with E-state index in [0.29, 0.717) is 4.73 Å². The number of nitrogens with zero attached hydrogens (tertiary/aromatic N) is 2. The molecule has 0 aliphatic carbocycles. The van der Waals surface area contributed by atoms with Gasteiger partial charge in [-0.3, -0.25) is 0 Å². The first-order valence-corrected chi connectivity index (χ1v) is 5.58. The van der Waals surface area contributed by atoms with Crippen LogP contribution in [0, 0.1) is 0 Å². The number of halogens is 2. The van der Waals surface area contributed by atoms with Crippen LogP contribution < -0.4 is 0 Å². The molecule has 0 atom stereocenters. The number of rotatable bonds is 1. The summed E-state index contributed by atoms with van der Waals surface area (Å²) in [5, 5.41) is 0. The largest absolute Gasteiger partial charge is 0.230 e. The molecule has 0 fully saturated rings. The fourth-order valence-electron chi connectivity index (χ4n) is 1.10. The van der Waals surface area contributed by atoms with Gasteiger partial charge in [0.2, 0.25) is 0 Å². The van der Waals surface area contributed by atoms with Crippen molar-refractivity contribution in [1.29, 1.82) is 0 Å². The van der Waals surface area contributed by atoms with E-state index in [2.05, 4.69) is 41.8 Å². The molecule has 1 aromatic carbocycles. The lowest BCUT2D eigenvalue weighted by Crippen LogP contribution is -1.84. The first-order chi connectivity index (χ1) is 6.75. The van der Waals surface area contributed by atoms with E-state index in [4.69, 9.17) is 0 Å². The first-order valence-electron chi connectivity index (χ1n) is 3.99. The van der Waals surface area contributed by atoms with Gasteiger partial charge in [0.25, 0.3) is 0 Å². The Morgan fingerprint density at radius 3 is 1.93 bits per heavy atom. The monoisotopic (exact) mass is 312 g/mol. The highest BCUT2D eigenvalue weighted by Gasteiger charge is 1.98. The van der Waals surface area contributed by atoms with Crippen molar-refractivity contribution < 1.29 is 0 Å². The Balaban J connectivity index is 2.40. The lowest BCUT2D eigenvalue weighted by Gasteiger charge is -2.00. The topological polar surface area (TPSA) is 25.8 Å². The molecule has 0 amide bonds. The van der Waals surface area contributed by atoms with Crippen LogP contribution >= 0.6 is 31.9 Å². The predicted octanol–water partition coefficient (Wildman–Crippen LogP) is 3.67. The smallest absolute Gasteiger partial charge is 0.196 e. The summed E-state index contributed by atoms with van der Waals surface area (Å²) in [5.41, 5.74) is 2.13. The van der Waals surface area contributed by atoms with Crippen LogP contribution in [-0.4, -0.2) is 9.97 Å². The average Bonchev–Trinajstić information content (AvgIpc) is 2.21. The van der Waals surface area contributed by atoms with Crippen LogP contribution in [0.3, 0.4) is 0 Å². The number of hydrogen-bond donors (Lipinski definition) is 0. The zero-order valence-electron chi connectivity index (χ0n) is 7.11. The quantitative estimate of drug-likeness (QED) is 0.751. The van der Waals surface area contributed by atoms with Gasteiger partial charge in [0, 0.05) is 22.4 Å². The Bertz CT molecular complexity index is 379. The van der Waals surface area contributed by atoms with Gasteiger partial charge in [-0.2, -0.15) is 0 Å². The summed E-state index contributed by atoms with van der Waals surface area (Å²) >= 11 is 6.59. The summed E-state index contributed by atoms with van der Waals surface area (Å²) in [4.78, 5) is 8.14. The van der Waals surface area contributed by atoms with Crippen molar-refractivity contribution in [3.05, 3.63) is 45.9 Å². The van der Waals surface area contributed by atoms with Crippen molar-refractivity contribution in [2.24, 2.45) is 0 Å². The second-order valence-electron chi connectivity index (χ2n) is 2.75. The van der Waals surface area contributed by atoms with Gasteiger partial charge in [-0.25, -0.2) is 9.97 Å². The van der Waals surface area contributed by atoms with Crippen molar-refractivity contribution >= 4 is 31.9 Å². The molecule has 0 radical (unpaired) electrons. The third-order valence-electron chi connectivity index (χ3n) is 1.80. The van der Waals surface area contributed by atoms with Crippen LogP contribution in [0.15, 0.2) is 45.9 Å². The maximum absolute atomic E-state index is 4.07. The van der Waals surface area contributed by atoms with Crippen LogP contribution in [0.5, 0.6) is 0 Å². The molecule has 0 aliphatic rings. The molecule has 0 aliphatic heterocycles. The van der Waals surface area contributed by atoms with Gasteiger partial charge in [0.15, 0.2) is 4.73 Å². The normalized spacial score (nSPS) is 10.1. The molecule has 0 unspecified atom stereocenters. The van der Waals surface area contributed by atoms with Gasteiger partial charge in [-0.05, 0) is 33.6 Å². The summed E-state index contributed by atoms with van der Waals surface area (Å²) in [6.07, 6.45) is 3.58. The van der Waals surface area contributed by atoms with E-state index in [0.717, 1.165) is 15.6 Å². The lowest BCUT2D eigenvalue weighted by molar-refractivity contribution is 1.11. The summed E-state index contributed by atoms with van der Waals surface area (Å²) in [5.74, 6) is 0.